The van der Waals surface area contributed by atoms with Crippen LogP contribution in [0.4, 0.5) is 0 Å². The predicted octanol–water partition coefficient (Wildman–Crippen LogP) is 2.11. The summed E-state index contributed by atoms with van der Waals surface area (Å²) in [4.78, 5) is 22.4. The highest BCUT2D eigenvalue weighted by atomic mass is 79.9. The zero-order chi connectivity index (χ0) is 10.7. The topological polar surface area (TPSA) is 43.4 Å². The van der Waals surface area contributed by atoms with Crippen LogP contribution >= 0.6 is 15.9 Å². The van der Waals surface area contributed by atoms with Crippen LogP contribution in [0.5, 0.6) is 0 Å². The lowest BCUT2D eigenvalue weighted by Gasteiger charge is -2.02. The molecule has 0 N–H and O–H groups in total. The van der Waals surface area contributed by atoms with E-state index in [1.807, 2.05) is 6.92 Å². The summed E-state index contributed by atoms with van der Waals surface area (Å²) < 4.78 is 4.95. The van der Waals surface area contributed by atoms with E-state index in [0.29, 0.717) is 10.0 Å². The highest BCUT2D eigenvalue weighted by molar-refractivity contribution is 9.10. The maximum Gasteiger partial charge on any atom is 0.379 e. The number of rotatable bonds is 2. The van der Waals surface area contributed by atoms with Gasteiger partial charge in [-0.1, -0.05) is 22.0 Å². The van der Waals surface area contributed by atoms with Gasteiger partial charge in [0.15, 0.2) is 0 Å². The molecule has 14 heavy (non-hydrogen) atoms. The molecule has 0 unspecified atom stereocenters. The fourth-order valence-corrected chi connectivity index (χ4v) is 1.68. The Labute approximate surface area is 90.2 Å². The highest BCUT2D eigenvalue weighted by Crippen LogP contribution is 2.19. The first kappa shape index (κ1) is 10.9. The standard InChI is InChI=1S/C10H9BrO3/c1-6-3-4-7(8(11)5-6)9(12)10(13)14-2/h3-5H,1-2H3. The molecule has 3 nitrogen and oxygen atoms in total. The number of hydrogen-bond donors (Lipinski definition) is 0. The van der Waals surface area contributed by atoms with E-state index in [4.69, 9.17) is 0 Å². The highest BCUT2D eigenvalue weighted by Gasteiger charge is 2.18. The number of hydrogen-bond acceptors (Lipinski definition) is 3. The Morgan fingerprint density at radius 2 is 2.00 bits per heavy atom. The summed E-state index contributed by atoms with van der Waals surface area (Å²) >= 11 is 3.22. The first-order chi connectivity index (χ1) is 6.56. The normalized spacial score (nSPS) is 9.64. The van der Waals surface area contributed by atoms with Gasteiger partial charge >= 0.3 is 5.97 Å². The number of benzene rings is 1. The molecule has 0 aliphatic rings. The second-order valence-electron chi connectivity index (χ2n) is 2.80. The smallest absolute Gasteiger partial charge is 0.379 e. The zero-order valence-corrected chi connectivity index (χ0v) is 9.42. The van der Waals surface area contributed by atoms with E-state index in [1.165, 1.54) is 7.11 Å². The Hall–Kier alpha value is -1.16. The predicted molar refractivity (Wildman–Crippen MR) is 55.2 cm³/mol. The average molecular weight is 257 g/mol. The summed E-state index contributed by atoms with van der Waals surface area (Å²) in [6, 6.07) is 5.13. The van der Waals surface area contributed by atoms with Gasteiger partial charge < -0.3 is 4.74 Å². The van der Waals surface area contributed by atoms with Crippen LogP contribution in [-0.4, -0.2) is 18.9 Å². The van der Waals surface area contributed by atoms with Crippen LogP contribution in [0.1, 0.15) is 15.9 Å². The van der Waals surface area contributed by atoms with Gasteiger partial charge in [0.05, 0.1) is 7.11 Å². The Balaban J connectivity index is 3.08. The van der Waals surface area contributed by atoms with E-state index in [-0.39, 0.29) is 0 Å². The first-order valence-corrected chi connectivity index (χ1v) is 4.74. The van der Waals surface area contributed by atoms with Crippen LogP contribution in [0.15, 0.2) is 22.7 Å². The molecule has 0 atom stereocenters. The molecule has 1 aromatic rings. The van der Waals surface area contributed by atoms with Crippen molar-refractivity contribution in [2.45, 2.75) is 6.92 Å². The Morgan fingerprint density at radius 1 is 1.36 bits per heavy atom. The Kier molecular flexibility index (Phi) is 3.41. The monoisotopic (exact) mass is 256 g/mol. The van der Waals surface area contributed by atoms with E-state index in [9.17, 15) is 9.59 Å². The van der Waals surface area contributed by atoms with Crippen molar-refractivity contribution in [3.05, 3.63) is 33.8 Å². The van der Waals surface area contributed by atoms with Gasteiger partial charge in [-0.25, -0.2) is 4.79 Å². The van der Waals surface area contributed by atoms with Gasteiger partial charge in [0.2, 0.25) is 0 Å². The van der Waals surface area contributed by atoms with Crippen molar-refractivity contribution < 1.29 is 14.3 Å². The number of carbonyl (C=O) groups is 2. The van der Waals surface area contributed by atoms with Crippen LogP contribution in [0.2, 0.25) is 0 Å². The van der Waals surface area contributed by atoms with E-state index in [1.54, 1.807) is 18.2 Å². The molecule has 4 heteroatoms. The molecule has 0 bridgehead atoms. The van der Waals surface area contributed by atoms with Gasteiger partial charge in [-0.3, -0.25) is 4.79 Å². The molecule has 0 radical (unpaired) electrons. The zero-order valence-electron chi connectivity index (χ0n) is 7.83. The number of Topliss-reactive ketones (excluding diaryl/α,β-unsaturated/α-hetero) is 1. The van der Waals surface area contributed by atoms with E-state index < -0.39 is 11.8 Å². The number of esters is 1. The number of aryl methyl sites for hydroxylation is 1. The number of ketones is 1. The molecule has 0 aliphatic carbocycles. The molecule has 0 aromatic heterocycles. The summed E-state index contributed by atoms with van der Waals surface area (Å²) in [6.45, 7) is 1.90. The van der Waals surface area contributed by atoms with Crippen LogP contribution in [0, 0.1) is 6.92 Å². The summed E-state index contributed by atoms with van der Waals surface area (Å²) in [5, 5.41) is 0. The lowest BCUT2D eigenvalue weighted by molar-refractivity contribution is -0.135. The molecular formula is C10H9BrO3. The second-order valence-corrected chi connectivity index (χ2v) is 3.66. The molecule has 0 fully saturated rings. The number of methoxy groups -OCH3 is 1. The van der Waals surface area contributed by atoms with Gasteiger partial charge in [0.1, 0.15) is 0 Å². The van der Waals surface area contributed by atoms with Crippen molar-refractivity contribution in [1.29, 1.82) is 0 Å². The van der Waals surface area contributed by atoms with Crippen LogP contribution in [0.3, 0.4) is 0 Å². The first-order valence-electron chi connectivity index (χ1n) is 3.95. The van der Waals surface area contributed by atoms with Crippen LogP contribution in [-0.2, 0) is 9.53 Å². The van der Waals surface area contributed by atoms with Crippen molar-refractivity contribution >= 4 is 27.7 Å². The van der Waals surface area contributed by atoms with E-state index in [0.717, 1.165) is 5.56 Å². The molecule has 0 saturated heterocycles. The second kappa shape index (κ2) is 4.37. The molecule has 0 aliphatic heterocycles. The Morgan fingerprint density at radius 3 is 2.50 bits per heavy atom. The Bertz CT molecular complexity index is 385. The van der Waals surface area contributed by atoms with Crippen molar-refractivity contribution in [1.82, 2.24) is 0 Å². The fourth-order valence-electron chi connectivity index (χ4n) is 1.01. The van der Waals surface area contributed by atoms with Crippen LogP contribution in [0.25, 0.3) is 0 Å². The number of halogens is 1. The lowest BCUT2D eigenvalue weighted by Crippen LogP contribution is -2.16. The summed E-state index contributed by atoms with van der Waals surface area (Å²) in [7, 11) is 1.18. The minimum atomic E-state index is -0.852. The molecular weight excluding hydrogens is 248 g/mol. The third-order valence-electron chi connectivity index (χ3n) is 1.74. The van der Waals surface area contributed by atoms with Gasteiger partial charge in [-0.05, 0) is 24.6 Å². The maximum atomic E-state index is 11.4. The molecule has 0 saturated carbocycles. The largest absolute Gasteiger partial charge is 0.463 e. The molecule has 0 amide bonds. The van der Waals surface area contributed by atoms with Gasteiger partial charge in [-0.15, -0.1) is 0 Å². The lowest BCUT2D eigenvalue weighted by atomic mass is 10.1. The van der Waals surface area contributed by atoms with Gasteiger partial charge in [0, 0.05) is 10.0 Å². The van der Waals surface area contributed by atoms with E-state index >= 15 is 0 Å². The SMILES string of the molecule is COC(=O)C(=O)c1ccc(C)cc1Br. The van der Waals surface area contributed by atoms with Gasteiger partial charge in [-0.2, -0.15) is 0 Å². The quantitative estimate of drug-likeness (QED) is 0.463. The summed E-state index contributed by atoms with van der Waals surface area (Å²) in [5.41, 5.74) is 1.33. The van der Waals surface area contributed by atoms with Crippen molar-refractivity contribution in [3.8, 4) is 0 Å². The molecule has 1 rings (SSSR count). The van der Waals surface area contributed by atoms with Gasteiger partial charge in [0.25, 0.3) is 5.78 Å². The summed E-state index contributed by atoms with van der Waals surface area (Å²) in [5.74, 6) is -1.49. The van der Waals surface area contributed by atoms with Crippen molar-refractivity contribution in [2.75, 3.05) is 7.11 Å². The third kappa shape index (κ3) is 2.20. The third-order valence-corrected chi connectivity index (χ3v) is 2.40. The average Bonchev–Trinajstić information content (AvgIpc) is 2.15. The minimum Gasteiger partial charge on any atom is -0.463 e. The van der Waals surface area contributed by atoms with Crippen LogP contribution < -0.4 is 0 Å². The minimum absolute atomic E-state index is 0.322. The number of carbonyl (C=O) groups excluding carboxylic acids is 2. The molecule has 0 heterocycles. The van der Waals surface area contributed by atoms with E-state index in [2.05, 4.69) is 20.7 Å². The maximum absolute atomic E-state index is 11.4. The van der Waals surface area contributed by atoms with Crippen molar-refractivity contribution in [2.24, 2.45) is 0 Å². The molecule has 0 spiro atoms. The molecule has 1 aromatic carbocycles. The van der Waals surface area contributed by atoms with Crippen molar-refractivity contribution in [3.63, 3.8) is 0 Å². The fraction of sp³-hybridized carbons (Fsp3) is 0.200. The summed E-state index contributed by atoms with van der Waals surface area (Å²) in [6.07, 6.45) is 0. The molecule has 74 valence electrons. The number of ether oxygens (including phenoxy) is 1.